The highest BCUT2D eigenvalue weighted by atomic mass is 35.5. The van der Waals surface area contributed by atoms with Crippen LogP contribution in [-0.2, 0) is 14.1 Å². The van der Waals surface area contributed by atoms with Crippen LogP contribution in [0.5, 0.6) is 0 Å². The molecule has 1 amide bonds. The molecule has 35 heavy (non-hydrogen) atoms. The van der Waals surface area contributed by atoms with E-state index in [1.807, 2.05) is 17.8 Å². The number of anilines is 2. The van der Waals surface area contributed by atoms with Crippen molar-refractivity contribution in [2.75, 3.05) is 11.1 Å². The number of nitrogens with one attached hydrogen (secondary N) is 1. The molecule has 2 aromatic heterocycles. The third-order valence-corrected chi connectivity index (χ3v) is 7.01. The lowest BCUT2D eigenvalue weighted by molar-refractivity contribution is 0.102. The van der Waals surface area contributed by atoms with Crippen molar-refractivity contribution in [3.8, 4) is 11.3 Å². The SMILES string of the molecule is Cn1cnc(-c2ccc([C@H]3CC[C@H](c4nn(C)c(N)c4C(=O)Nc4ccc(F)c(Cl)c4)C3)cc2)c1. The van der Waals surface area contributed by atoms with Crippen molar-refractivity contribution in [2.24, 2.45) is 14.1 Å². The van der Waals surface area contributed by atoms with Gasteiger partial charge in [0.25, 0.3) is 5.91 Å². The fraction of sp³-hybridized carbons (Fsp3) is 0.269. The first-order valence-corrected chi connectivity index (χ1v) is 11.8. The molecular formula is C26H26ClFN6O. The van der Waals surface area contributed by atoms with E-state index >= 15 is 0 Å². The fourth-order valence-electron chi connectivity index (χ4n) is 4.86. The summed E-state index contributed by atoms with van der Waals surface area (Å²) in [6, 6.07) is 12.6. The molecule has 0 unspecified atom stereocenters. The first-order chi connectivity index (χ1) is 16.8. The van der Waals surface area contributed by atoms with Crippen molar-refractivity contribution >= 4 is 29.0 Å². The first kappa shape index (κ1) is 23.1. The normalized spacial score (nSPS) is 17.6. The first-order valence-electron chi connectivity index (χ1n) is 11.5. The second-order valence-electron chi connectivity index (χ2n) is 9.11. The number of nitrogen functional groups attached to an aromatic ring is 1. The summed E-state index contributed by atoms with van der Waals surface area (Å²) >= 11 is 5.86. The Kier molecular flexibility index (Phi) is 6.06. The van der Waals surface area contributed by atoms with E-state index in [2.05, 4.69) is 39.7 Å². The van der Waals surface area contributed by atoms with Gasteiger partial charge in [0.15, 0.2) is 0 Å². The number of aryl methyl sites for hydroxylation is 2. The molecule has 2 aromatic carbocycles. The minimum Gasteiger partial charge on any atom is -0.383 e. The average Bonchev–Trinajstić information content (AvgIpc) is 3.56. The molecule has 180 valence electrons. The van der Waals surface area contributed by atoms with E-state index in [-0.39, 0.29) is 16.8 Å². The number of hydrogen-bond acceptors (Lipinski definition) is 4. The van der Waals surface area contributed by atoms with Crippen LogP contribution in [-0.4, -0.2) is 25.2 Å². The van der Waals surface area contributed by atoms with Gasteiger partial charge in [0.05, 0.1) is 22.7 Å². The zero-order valence-electron chi connectivity index (χ0n) is 19.5. The quantitative estimate of drug-likeness (QED) is 0.385. The third kappa shape index (κ3) is 4.53. The highest BCUT2D eigenvalue weighted by molar-refractivity contribution is 6.31. The summed E-state index contributed by atoms with van der Waals surface area (Å²) in [6.45, 7) is 0. The van der Waals surface area contributed by atoms with Crippen molar-refractivity contribution in [2.45, 2.75) is 31.1 Å². The van der Waals surface area contributed by atoms with Crippen molar-refractivity contribution in [3.05, 3.63) is 82.6 Å². The summed E-state index contributed by atoms with van der Waals surface area (Å²) in [5, 5.41) is 7.32. The Bertz CT molecular complexity index is 1390. The monoisotopic (exact) mass is 492 g/mol. The van der Waals surface area contributed by atoms with E-state index in [4.69, 9.17) is 17.3 Å². The molecule has 0 spiro atoms. The molecule has 0 saturated heterocycles. The molecule has 1 saturated carbocycles. The zero-order chi connectivity index (χ0) is 24.7. The van der Waals surface area contributed by atoms with E-state index in [9.17, 15) is 9.18 Å². The lowest BCUT2D eigenvalue weighted by Crippen LogP contribution is -2.16. The number of rotatable bonds is 5. The number of carbonyl (C=O) groups is 1. The van der Waals surface area contributed by atoms with Gasteiger partial charge in [-0.2, -0.15) is 5.10 Å². The number of halogens is 2. The fourth-order valence-corrected chi connectivity index (χ4v) is 5.05. The predicted molar refractivity (Wildman–Crippen MR) is 135 cm³/mol. The van der Waals surface area contributed by atoms with Gasteiger partial charge in [0.1, 0.15) is 17.2 Å². The van der Waals surface area contributed by atoms with Gasteiger partial charge in [-0.25, -0.2) is 9.37 Å². The number of hydrogen-bond donors (Lipinski definition) is 2. The molecule has 0 radical (unpaired) electrons. The molecule has 4 aromatic rings. The Morgan fingerprint density at radius 2 is 1.89 bits per heavy atom. The molecule has 1 aliphatic rings. The van der Waals surface area contributed by atoms with Gasteiger partial charge in [0, 0.05) is 37.5 Å². The average molecular weight is 493 g/mol. The van der Waals surface area contributed by atoms with E-state index in [0.717, 1.165) is 30.5 Å². The largest absolute Gasteiger partial charge is 0.383 e. The Morgan fingerprint density at radius 1 is 1.14 bits per heavy atom. The molecule has 3 N–H and O–H groups in total. The Balaban J connectivity index is 1.34. The summed E-state index contributed by atoms with van der Waals surface area (Å²) in [5.74, 6) is -0.147. The van der Waals surface area contributed by atoms with Crippen LogP contribution in [0, 0.1) is 5.82 Å². The van der Waals surface area contributed by atoms with Gasteiger partial charge in [-0.15, -0.1) is 0 Å². The van der Waals surface area contributed by atoms with Crippen LogP contribution in [0.1, 0.15) is 52.7 Å². The highest BCUT2D eigenvalue weighted by Gasteiger charge is 2.33. The van der Waals surface area contributed by atoms with Crippen LogP contribution in [0.3, 0.4) is 0 Å². The number of nitrogens with zero attached hydrogens (tertiary/aromatic N) is 4. The van der Waals surface area contributed by atoms with Crippen LogP contribution in [0.2, 0.25) is 5.02 Å². The molecule has 7 nitrogen and oxygen atoms in total. The maximum absolute atomic E-state index is 13.5. The van der Waals surface area contributed by atoms with Crippen molar-refractivity contribution in [1.82, 2.24) is 19.3 Å². The van der Waals surface area contributed by atoms with Crippen molar-refractivity contribution in [1.29, 1.82) is 0 Å². The van der Waals surface area contributed by atoms with Crippen LogP contribution in [0.25, 0.3) is 11.3 Å². The van der Waals surface area contributed by atoms with Crippen molar-refractivity contribution in [3.63, 3.8) is 0 Å². The second-order valence-corrected chi connectivity index (χ2v) is 9.51. The highest BCUT2D eigenvalue weighted by Crippen LogP contribution is 2.45. The molecule has 0 aliphatic heterocycles. The number of nitrogens with two attached hydrogens (primary N) is 1. The second kappa shape index (κ2) is 9.19. The number of amides is 1. The maximum Gasteiger partial charge on any atom is 0.261 e. The molecule has 0 bridgehead atoms. The maximum atomic E-state index is 13.5. The van der Waals surface area contributed by atoms with Gasteiger partial charge in [-0.3, -0.25) is 9.48 Å². The van der Waals surface area contributed by atoms with Gasteiger partial charge in [-0.05, 0) is 48.9 Å². The Morgan fingerprint density at radius 3 is 2.57 bits per heavy atom. The van der Waals surface area contributed by atoms with Crippen molar-refractivity contribution < 1.29 is 9.18 Å². The van der Waals surface area contributed by atoms with E-state index in [0.29, 0.717) is 28.7 Å². The number of aromatic nitrogens is 4. The minimum atomic E-state index is -0.545. The number of carbonyl (C=O) groups excluding carboxylic acids is 1. The van der Waals surface area contributed by atoms with Crippen LogP contribution in [0.15, 0.2) is 55.0 Å². The smallest absolute Gasteiger partial charge is 0.261 e. The van der Waals surface area contributed by atoms with E-state index < -0.39 is 5.82 Å². The molecule has 2 atom stereocenters. The third-order valence-electron chi connectivity index (χ3n) is 6.73. The number of benzene rings is 2. The van der Waals surface area contributed by atoms with Crippen LogP contribution < -0.4 is 11.1 Å². The van der Waals surface area contributed by atoms with Gasteiger partial charge in [-0.1, -0.05) is 35.9 Å². The van der Waals surface area contributed by atoms with E-state index in [1.165, 1.54) is 28.4 Å². The number of imidazole rings is 1. The summed E-state index contributed by atoms with van der Waals surface area (Å²) in [4.78, 5) is 17.6. The van der Waals surface area contributed by atoms with Crippen LogP contribution >= 0.6 is 11.6 Å². The van der Waals surface area contributed by atoms with Crippen LogP contribution in [0.4, 0.5) is 15.9 Å². The predicted octanol–water partition coefficient (Wildman–Crippen LogP) is 5.50. The van der Waals surface area contributed by atoms with Gasteiger partial charge < -0.3 is 15.6 Å². The standard InChI is InChI=1S/C26H26ClFN6O/c1-33-13-22(30-14-33)16-5-3-15(4-6-16)17-7-8-18(11-17)24-23(25(29)34(2)32-24)26(35)31-19-9-10-21(28)20(27)12-19/h3-6,9-10,12-14,17-18H,7-8,11,29H2,1-2H3,(H,31,35)/t17-,18-/m0/s1. The van der Waals surface area contributed by atoms with Gasteiger partial charge in [0.2, 0.25) is 0 Å². The molecule has 1 fully saturated rings. The zero-order valence-corrected chi connectivity index (χ0v) is 20.3. The summed E-state index contributed by atoms with van der Waals surface area (Å²) in [7, 11) is 3.68. The minimum absolute atomic E-state index is 0.0603. The summed E-state index contributed by atoms with van der Waals surface area (Å²) < 4.78 is 17.0. The lowest BCUT2D eigenvalue weighted by Gasteiger charge is -2.13. The van der Waals surface area contributed by atoms with E-state index in [1.54, 1.807) is 13.4 Å². The molecule has 5 rings (SSSR count). The molecule has 9 heteroatoms. The molecule has 1 aliphatic carbocycles. The lowest BCUT2D eigenvalue weighted by atomic mass is 9.93. The Labute approximate surface area is 207 Å². The summed E-state index contributed by atoms with van der Waals surface area (Å²) in [5.41, 5.74) is 11.0. The molecule has 2 heterocycles. The topological polar surface area (TPSA) is 90.8 Å². The summed E-state index contributed by atoms with van der Waals surface area (Å²) in [6.07, 6.45) is 6.58. The molecular weight excluding hydrogens is 467 g/mol. The van der Waals surface area contributed by atoms with Gasteiger partial charge >= 0.3 is 0 Å². The Hall–Kier alpha value is -3.65.